The summed E-state index contributed by atoms with van der Waals surface area (Å²) in [5.74, 6) is 0.244. The Labute approximate surface area is 131 Å². The normalized spacial score (nSPS) is 10.8. The standard InChI is InChI=1S/C16H10Cl2O3/c1-20-16(19)10-4-2-3-9(5-10)14-7-11-6-12(17)13(18)8-15(11)21-14/h2-8H,1H3. The van der Waals surface area contributed by atoms with Gasteiger partial charge >= 0.3 is 5.97 Å². The van der Waals surface area contributed by atoms with E-state index in [0.29, 0.717) is 27.0 Å². The number of carbonyl (C=O) groups excluding carboxylic acids is 1. The van der Waals surface area contributed by atoms with Gasteiger partial charge in [-0.25, -0.2) is 4.79 Å². The second-order valence-corrected chi connectivity index (χ2v) is 5.30. The van der Waals surface area contributed by atoms with Gasteiger partial charge < -0.3 is 9.15 Å². The Morgan fingerprint density at radius 1 is 1.10 bits per heavy atom. The molecule has 21 heavy (non-hydrogen) atoms. The number of benzene rings is 2. The molecule has 3 rings (SSSR count). The molecule has 1 aromatic heterocycles. The van der Waals surface area contributed by atoms with E-state index in [2.05, 4.69) is 0 Å². The maximum absolute atomic E-state index is 11.6. The monoisotopic (exact) mass is 320 g/mol. The zero-order valence-electron chi connectivity index (χ0n) is 11.0. The van der Waals surface area contributed by atoms with Crippen molar-refractivity contribution < 1.29 is 13.9 Å². The van der Waals surface area contributed by atoms with Crippen molar-refractivity contribution in [1.82, 2.24) is 0 Å². The van der Waals surface area contributed by atoms with Gasteiger partial charge in [0, 0.05) is 17.0 Å². The van der Waals surface area contributed by atoms with E-state index in [1.165, 1.54) is 7.11 Å². The fraction of sp³-hybridized carbons (Fsp3) is 0.0625. The molecule has 0 saturated heterocycles. The van der Waals surface area contributed by atoms with Crippen LogP contribution in [0, 0.1) is 0 Å². The van der Waals surface area contributed by atoms with Crippen molar-refractivity contribution in [2.45, 2.75) is 0 Å². The molecule has 3 aromatic rings. The molecule has 2 aromatic carbocycles. The molecular formula is C16H10Cl2O3. The third-order valence-corrected chi connectivity index (χ3v) is 3.85. The molecule has 0 unspecified atom stereocenters. The second kappa shape index (κ2) is 5.43. The minimum atomic E-state index is -0.390. The van der Waals surface area contributed by atoms with Gasteiger partial charge in [-0.2, -0.15) is 0 Å². The lowest BCUT2D eigenvalue weighted by Crippen LogP contribution is -2.00. The van der Waals surface area contributed by atoms with Crippen LogP contribution < -0.4 is 0 Å². The molecule has 0 spiro atoms. The minimum Gasteiger partial charge on any atom is -0.465 e. The van der Waals surface area contributed by atoms with Crippen LogP contribution >= 0.6 is 23.2 Å². The van der Waals surface area contributed by atoms with Crippen molar-refractivity contribution in [3.63, 3.8) is 0 Å². The Balaban J connectivity index is 2.10. The van der Waals surface area contributed by atoms with Crippen LogP contribution in [0.1, 0.15) is 10.4 Å². The Hall–Kier alpha value is -1.97. The van der Waals surface area contributed by atoms with Crippen LogP contribution in [0.15, 0.2) is 46.9 Å². The van der Waals surface area contributed by atoms with Gasteiger partial charge in [0.15, 0.2) is 0 Å². The maximum atomic E-state index is 11.6. The van der Waals surface area contributed by atoms with Crippen LogP contribution in [0.3, 0.4) is 0 Å². The molecule has 1 heterocycles. The summed E-state index contributed by atoms with van der Waals surface area (Å²) in [6.45, 7) is 0. The average Bonchev–Trinajstić information content (AvgIpc) is 2.90. The van der Waals surface area contributed by atoms with Gasteiger partial charge in [-0.05, 0) is 24.3 Å². The van der Waals surface area contributed by atoms with Crippen molar-refractivity contribution in [2.75, 3.05) is 7.11 Å². The van der Waals surface area contributed by atoms with Crippen LogP contribution in [0.25, 0.3) is 22.3 Å². The number of fused-ring (bicyclic) bond motifs is 1. The van der Waals surface area contributed by atoms with Gasteiger partial charge in [-0.3, -0.25) is 0 Å². The fourth-order valence-electron chi connectivity index (χ4n) is 2.09. The van der Waals surface area contributed by atoms with Gasteiger partial charge in [0.2, 0.25) is 0 Å². The second-order valence-electron chi connectivity index (χ2n) is 4.49. The summed E-state index contributed by atoms with van der Waals surface area (Å²) in [4.78, 5) is 11.6. The van der Waals surface area contributed by atoms with Crippen LogP contribution in [-0.2, 0) is 4.74 Å². The highest BCUT2D eigenvalue weighted by atomic mass is 35.5. The minimum absolute atomic E-state index is 0.390. The zero-order valence-corrected chi connectivity index (χ0v) is 12.5. The lowest BCUT2D eigenvalue weighted by molar-refractivity contribution is 0.0601. The van der Waals surface area contributed by atoms with E-state index in [0.717, 1.165) is 10.9 Å². The van der Waals surface area contributed by atoms with Crippen molar-refractivity contribution >= 4 is 40.1 Å². The number of furan rings is 1. The first-order chi connectivity index (χ1) is 10.1. The first-order valence-corrected chi connectivity index (χ1v) is 6.91. The summed E-state index contributed by atoms with van der Waals surface area (Å²) in [6.07, 6.45) is 0. The van der Waals surface area contributed by atoms with Crippen LogP contribution in [-0.4, -0.2) is 13.1 Å². The van der Waals surface area contributed by atoms with Crippen molar-refractivity contribution in [2.24, 2.45) is 0 Å². The quantitative estimate of drug-likeness (QED) is 0.610. The van der Waals surface area contributed by atoms with Gasteiger partial charge in [0.05, 0.1) is 22.7 Å². The third-order valence-electron chi connectivity index (χ3n) is 3.13. The highest BCUT2D eigenvalue weighted by Crippen LogP contribution is 2.33. The summed E-state index contributed by atoms with van der Waals surface area (Å²) < 4.78 is 10.5. The Morgan fingerprint density at radius 2 is 1.86 bits per heavy atom. The molecule has 0 aliphatic heterocycles. The van der Waals surface area contributed by atoms with E-state index < -0.39 is 0 Å². The molecule has 0 N–H and O–H groups in total. The van der Waals surface area contributed by atoms with Gasteiger partial charge in [-0.1, -0.05) is 35.3 Å². The first-order valence-electron chi connectivity index (χ1n) is 6.16. The number of halogens is 2. The number of esters is 1. The fourth-order valence-corrected chi connectivity index (χ4v) is 2.42. The summed E-state index contributed by atoms with van der Waals surface area (Å²) in [6, 6.07) is 12.3. The largest absolute Gasteiger partial charge is 0.465 e. The summed E-state index contributed by atoms with van der Waals surface area (Å²) in [7, 11) is 1.35. The Bertz CT molecular complexity index is 798. The topological polar surface area (TPSA) is 39.4 Å². The number of hydrogen-bond acceptors (Lipinski definition) is 3. The number of rotatable bonds is 2. The van der Waals surface area contributed by atoms with E-state index in [1.807, 2.05) is 12.1 Å². The van der Waals surface area contributed by atoms with Crippen molar-refractivity contribution in [1.29, 1.82) is 0 Å². The Kier molecular flexibility index (Phi) is 3.62. The van der Waals surface area contributed by atoms with Crippen LogP contribution in [0.5, 0.6) is 0 Å². The zero-order chi connectivity index (χ0) is 15.0. The maximum Gasteiger partial charge on any atom is 0.337 e. The molecule has 5 heteroatoms. The number of carbonyl (C=O) groups is 1. The molecular weight excluding hydrogens is 311 g/mol. The molecule has 0 aliphatic carbocycles. The number of ether oxygens (including phenoxy) is 1. The molecule has 0 bridgehead atoms. The number of hydrogen-bond donors (Lipinski definition) is 0. The van der Waals surface area contributed by atoms with Crippen molar-refractivity contribution in [3.05, 3.63) is 58.1 Å². The molecule has 0 fully saturated rings. The molecule has 0 aliphatic rings. The molecule has 0 saturated carbocycles. The smallest absolute Gasteiger partial charge is 0.337 e. The molecule has 106 valence electrons. The summed E-state index contributed by atoms with van der Waals surface area (Å²) in [5.41, 5.74) is 1.88. The summed E-state index contributed by atoms with van der Waals surface area (Å²) >= 11 is 12.0. The third kappa shape index (κ3) is 2.62. The SMILES string of the molecule is COC(=O)c1cccc(-c2cc3cc(Cl)c(Cl)cc3o2)c1. The average molecular weight is 321 g/mol. The van der Waals surface area contributed by atoms with E-state index in [-0.39, 0.29) is 5.97 Å². The van der Waals surface area contributed by atoms with Gasteiger partial charge in [0.1, 0.15) is 11.3 Å². The lowest BCUT2D eigenvalue weighted by Gasteiger charge is -2.01. The molecule has 0 amide bonds. The lowest BCUT2D eigenvalue weighted by atomic mass is 10.1. The first kappa shape index (κ1) is 14.0. The van der Waals surface area contributed by atoms with Crippen LogP contribution in [0.2, 0.25) is 10.0 Å². The Morgan fingerprint density at radius 3 is 2.62 bits per heavy atom. The molecule has 0 atom stereocenters. The highest BCUT2D eigenvalue weighted by molar-refractivity contribution is 6.42. The van der Waals surface area contributed by atoms with E-state index in [4.69, 9.17) is 32.4 Å². The number of methoxy groups -OCH3 is 1. The van der Waals surface area contributed by atoms with Crippen LogP contribution in [0.4, 0.5) is 0 Å². The summed E-state index contributed by atoms with van der Waals surface area (Å²) in [5, 5.41) is 1.76. The van der Waals surface area contributed by atoms with Gasteiger partial charge in [0.25, 0.3) is 0 Å². The predicted octanol–water partition coefficient (Wildman–Crippen LogP) is 5.19. The predicted molar refractivity (Wildman–Crippen MR) is 83.0 cm³/mol. The van der Waals surface area contributed by atoms with Crippen molar-refractivity contribution in [3.8, 4) is 11.3 Å². The molecule has 3 nitrogen and oxygen atoms in total. The van der Waals surface area contributed by atoms with Gasteiger partial charge in [-0.15, -0.1) is 0 Å². The van der Waals surface area contributed by atoms with E-state index in [1.54, 1.807) is 30.3 Å². The highest BCUT2D eigenvalue weighted by Gasteiger charge is 2.11. The van der Waals surface area contributed by atoms with E-state index in [9.17, 15) is 4.79 Å². The molecule has 0 radical (unpaired) electrons. The van der Waals surface area contributed by atoms with E-state index >= 15 is 0 Å².